The lowest BCUT2D eigenvalue weighted by Gasteiger charge is -2.34. The lowest BCUT2D eigenvalue weighted by Crippen LogP contribution is -2.48. The summed E-state index contributed by atoms with van der Waals surface area (Å²) in [6, 6.07) is 8.19. The van der Waals surface area contributed by atoms with E-state index in [0.717, 1.165) is 49.6 Å². The number of thioether (sulfide) groups is 1. The van der Waals surface area contributed by atoms with E-state index in [9.17, 15) is 0 Å². The van der Waals surface area contributed by atoms with E-state index < -0.39 is 0 Å². The van der Waals surface area contributed by atoms with Crippen molar-refractivity contribution >= 4 is 41.7 Å². The normalized spacial score (nSPS) is 18.0. The molecule has 0 bridgehead atoms. The second-order valence-electron chi connectivity index (χ2n) is 5.64. The number of hydrogen-bond donors (Lipinski definition) is 1. The molecular weight excluding hydrogens is 433 g/mol. The fourth-order valence-corrected chi connectivity index (χ4v) is 3.96. The molecule has 0 aromatic heterocycles. The van der Waals surface area contributed by atoms with Crippen molar-refractivity contribution in [1.29, 1.82) is 0 Å². The molecule has 0 radical (unpaired) electrons. The van der Waals surface area contributed by atoms with Crippen molar-refractivity contribution in [3.8, 4) is 5.75 Å². The second kappa shape index (κ2) is 11.8. The molecular formula is C18H30IN3OS. The number of methoxy groups -OCH3 is 1. The minimum Gasteiger partial charge on any atom is -0.496 e. The SMILES string of the molecule is CCNC(=NCCc1ccccc1OC)N1CCSC(CC)C1.I. The Balaban J connectivity index is 0.00000288. The van der Waals surface area contributed by atoms with Crippen molar-refractivity contribution in [2.45, 2.75) is 31.9 Å². The first-order valence-electron chi connectivity index (χ1n) is 8.55. The Kier molecular flexibility index (Phi) is 10.6. The largest absolute Gasteiger partial charge is 0.496 e. The van der Waals surface area contributed by atoms with Gasteiger partial charge in [-0.1, -0.05) is 25.1 Å². The van der Waals surface area contributed by atoms with Gasteiger partial charge in [-0.25, -0.2) is 0 Å². The van der Waals surface area contributed by atoms with E-state index in [-0.39, 0.29) is 24.0 Å². The molecule has 1 saturated heterocycles. The highest BCUT2D eigenvalue weighted by Crippen LogP contribution is 2.21. The van der Waals surface area contributed by atoms with Gasteiger partial charge in [0.05, 0.1) is 7.11 Å². The van der Waals surface area contributed by atoms with Crippen LogP contribution >= 0.6 is 35.7 Å². The third-order valence-corrected chi connectivity index (χ3v) is 5.44. The third-order valence-electron chi connectivity index (χ3n) is 4.06. The Morgan fingerprint density at radius 3 is 2.88 bits per heavy atom. The highest BCUT2D eigenvalue weighted by atomic mass is 127. The number of rotatable bonds is 6. The molecule has 1 atom stereocenters. The number of nitrogens with zero attached hydrogens (tertiary/aromatic N) is 2. The third kappa shape index (κ3) is 6.35. The van der Waals surface area contributed by atoms with Crippen molar-refractivity contribution in [2.75, 3.05) is 39.0 Å². The summed E-state index contributed by atoms with van der Waals surface area (Å²) in [5, 5.41) is 4.17. The quantitative estimate of drug-likeness (QED) is 0.397. The minimum absolute atomic E-state index is 0. The predicted octanol–water partition coefficient (Wildman–Crippen LogP) is 3.65. The van der Waals surface area contributed by atoms with Crippen LogP contribution in [-0.4, -0.2) is 55.2 Å². The smallest absolute Gasteiger partial charge is 0.193 e. The fraction of sp³-hybridized carbons (Fsp3) is 0.611. The molecule has 0 spiro atoms. The van der Waals surface area contributed by atoms with Gasteiger partial charge >= 0.3 is 0 Å². The van der Waals surface area contributed by atoms with Crippen LogP contribution in [0.4, 0.5) is 0 Å². The molecule has 0 saturated carbocycles. The molecule has 1 N–H and O–H groups in total. The van der Waals surface area contributed by atoms with Gasteiger partial charge in [-0.3, -0.25) is 4.99 Å². The Morgan fingerprint density at radius 2 is 2.17 bits per heavy atom. The van der Waals surface area contributed by atoms with Crippen LogP contribution in [0.5, 0.6) is 5.75 Å². The van der Waals surface area contributed by atoms with E-state index in [1.165, 1.54) is 17.7 Å². The summed E-state index contributed by atoms with van der Waals surface area (Å²) in [5.41, 5.74) is 1.22. The standard InChI is InChI=1S/C18H29N3OS.HI/c1-4-16-14-21(12-13-23-16)18(19-5-2)20-11-10-15-8-6-7-9-17(15)22-3;/h6-9,16H,4-5,10-14H2,1-3H3,(H,19,20);1H. The zero-order valence-electron chi connectivity index (χ0n) is 15.0. The molecule has 136 valence electrons. The number of guanidine groups is 1. The van der Waals surface area contributed by atoms with Crippen molar-refractivity contribution in [1.82, 2.24) is 10.2 Å². The van der Waals surface area contributed by atoms with E-state index >= 15 is 0 Å². The van der Waals surface area contributed by atoms with E-state index in [1.54, 1.807) is 7.11 Å². The number of benzene rings is 1. The van der Waals surface area contributed by atoms with Gasteiger partial charge in [0.1, 0.15) is 5.75 Å². The summed E-state index contributed by atoms with van der Waals surface area (Å²) in [4.78, 5) is 7.26. The molecule has 1 unspecified atom stereocenters. The zero-order chi connectivity index (χ0) is 16.5. The summed E-state index contributed by atoms with van der Waals surface area (Å²) in [7, 11) is 1.72. The number of aliphatic imine (C=N–C) groups is 1. The number of hydrogen-bond acceptors (Lipinski definition) is 3. The molecule has 1 fully saturated rings. The summed E-state index contributed by atoms with van der Waals surface area (Å²) in [6.07, 6.45) is 2.13. The summed E-state index contributed by atoms with van der Waals surface area (Å²) >= 11 is 2.09. The van der Waals surface area contributed by atoms with E-state index in [4.69, 9.17) is 9.73 Å². The molecule has 2 rings (SSSR count). The molecule has 0 amide bonds. The monoisotopic (exact) mass is 463 g/mol. The van der Waals surface area contributed by atoms with Gasteiger partial charge in [0, 0.05) is 37.2 Å². The Bertz CT molecular complexity index is 513. The van der Waals surface area contributed by atoms with Crippen molar-refractivity contribution in [2.24, 2.45) is 4.99 Å². The molecule has 1 aromatic carbocycles. The van der Waals surface area contributed by atoms with E-state index in [0.29, 0.717) is 0 Å². The Hall–Kier alpha value is -0.630. The van der Waals surface area contributed by atoms with Crippen LogP contribution in [0.15, 0.2) is 29.3 Å². The zero-order valence-corrected chi connectivity index (χ0v) is 18.1. The molecule has 6 heteroatoms. The van der Waals surface area contributed by atoms with E-state index in [2.05, 4.69) is 48.0 Å². The lowest BCUT2D eigenvalue weighted by molar-refractivity contribution is 0.406. The average Bonchev–Trinajstić information content (AvgIpc) is 2.61. The van der Waals surface area contributed by atoms with Crippen LogP contribution in [0.25, 0.3) is 0 Å². The van der Waals surface area contributed by atoms with E-state index in [1.807, 2.05) is 12.1 Å². The van der Waals surface area contributed by atoms with Gasteiger partial charge < -0.3 is 15.0 Å². The van der Waals surface area contributed by atoms with Gasteiger partial charge in [0.25, 0.3) is 0 Å². The van der Waals surface area contributed by atoms with Crippen LogP contribution in [0.2, 0.25) is 0 Å². The maximum absolute atomic E-state index is 5.42. The topological polar surface area (TPSA) is 36.9 Å². The molecule has 0 aliphatic carbocycles. The van der Waals surface area contributed by atoms with Crippen molar-refractivity contribution < 1.29 is 4.74 Å². The first-order chi connectivity index (χ1) is 11.3. The van der Waals surface area contributed by atoms with Gasteiger partial charge in [0.15, 0.2) is 5.96 Å². The highest BCUT2D eigenvalue weighted by molar-refractivity contribution is 14.0. The van der Waals surface area contributed by atoms with Gasteiger partial charge in [0.2, 0.25) is 0 Å². The fourth-order valence-electron chi connectivity index (χ4n) is 2.78. The summed E-state index contributed by atoms with van der Waals surface area (Å²) in [6.45, 7) is 8.28. The van der Waals surface area contributed by atoms with Crippen molar-refractivity contribution in [3.05, 3.63) is 29.8 Å². The van der Waals surface area contributed by atoms with Gasteiger partial charge in [-0.05, 0) is 31.4 Å². The minimum atomic E-state index is 0. The van der Waals surface area contributed by atoms with Crippen LogP contribution in [-0.2, 0) is 6.42 Å². The number of ether oxygens (including phenoxy) is 1. The van der Waals surface area contributed by atoms with Gasteiger partial charge in [-0.15, -0.1) is 24.0 Å². The molecule has 1 heterocycles. The highest BCUT2D eigenvalue weighted by Gasteiger charge is 2.21. The summed E-state index contributed by atoms with van der Waals surface area (Å²) in [5.74, 6) is 3.20. The molecule has 1 aromatic rings. The summed E-state index contributed by atoms with van der Waals surface area (Å²) < 4.78 is 5.42. The molecule has 4 nitrogen and oxygen atoms in total. The number of nitrogens with one attached hydrogen (secondary N) is 1. The van der Waals surface area contributed by atoms with Crippen LogP contribution in [0.1, 0.15) is 25.8 Å². The molecule has 1 aliphatic rings. The predicted molar refractivity (Wildman–Crippen MR) is 116 cm³/mol. The average molecular weight is 463 g/mol. The molecule has 24 heavy (non-hydrogen) atoms. The Morgan fingerprint density at radius 1 is 1.38 bits per heavy atom. The number of para-hydroxylation sites is 1. The lowest BCUT2D eigenvalue weighted by atomic mass is 10.1. The maximum Gasteiger partial charge on any atom is 0.193 e. The van der Waals surface area contributed by atoms with Crippen LogP contribution < -0.4 is 10.1 Å². The maximum atomic E-state index is 5.42. The van der Waals surface area contributed by atoms with Crippen molar-refractivity contribution in [3.63, 3.8) is 0 Å². The first kappa shape index (κ1) is 21.4. The second-order valence-corrected chi connectivity index (χ2v) is 7.05. The number of halogens is 1. The van der Waals surface area contributed by atoms with Crippen LogP contribution in [0, 0.1) is 0 Å². The Labute approximate surface area is 167 Å². The van der Waals surface area contributed by atoms with Crippen LogP contribution in [0.3, 0.4) is 0 Å². The van der Waals surface area contributed by atoms with Gasteiger partial charge in [-0.2, -0.15) is 11.8 Å². The first-order valence-corrected chi connectivity index (χ1v) is 9.60. The molecule has 1 aliphatic heterocycles.